The van der Waals surface area contributed by atoms with Crippen molar-refractivity contribution in [2.24, 2.45) is 5.73 Å². The summed E-state index contributed by atoms with van der Waals surface area (Å²) in [5.74, 6) is -1.17. The van der Waals surface area contributed by atoms with Crippen LogP contribution in [0.15, 0.2) is 48.5 Å². The Morgan fingerprint density at radius 3 is 2.23 bits per heavy atom. The number of rotatable bonds is 4. The van der Waals surface area contributed by atoms with Gasteiger partial charge in [0.25, 0.3) is 0 Å². The van der Waals surface area contributed by atoms with Crippen molar-refractivity contribution in [2.45, 2.75) is 6.04 Å². The second-order valence-electron chi connectivity index (χ2n) is 4.45. The molecule has 0 bridgehead atoms. The highest BCUT2D eigenvalue weighted by Crippen LogP contribution is 2.31. The molecule has 0 heterocycles. The molecule has 1 atom stereocenters. The molecule has 0 spiro atoms. The number of anilines is 1. The molecule has 2 amide bonds. The Labute approximate surface area is 145 Å². The van der Waals surface area contributed by atoms with Gasteiger partial charge < -0.3 is 10.8 Å². The van der Waals surface area contributed by atoms with Crippen molar-refractivity contribution >= 4 is 51.9 Å². The van der Waals surface area contributed by atoms with Crippen molar-refractivity contribution in [1.29, 1.82) is 0 Å². The molecule has 2 rings (SSSR count). The molecule has 22 heavy (non-hydrogen) atoms. The van der Waals surface area contributed by atoms with Gasteiger partial charge in [0.15, 0.2) is 6.04 Å². The van der Waals surface area contributed by atoms with E-state index in [-0.39, 0.29) is 0 Å². The number of nitrogens with two attached hydrogens (primary N) is 1. The van der Waals surface area contributed by atoms with Crippen molar-refractivity contribution in [3.63, 3.8) is 0 Å². The minimum Gasteiger partial charge on any atom is -0.479 e. The van der Waals surface area contributed by atoms with E-state index in [1.165, 1.54) is 0 Å². The lowest BCUT2D eigenvalue weighted by atomic mass is 10.0. The van der Waals surface area contributed by atoms with Crippen LogP contribution in [-0.2, 0) is 4.79 Å². The number of amides is 2. The number of primary amides is 1. The summed E-state index contributed by atoms with van der Waals surface area (Å²) in [4.78, 5) is 24.7. The van der Waals surface area contributed by atoms with Gasteiger partial charge in [-0.1, -0.05) is 29.8 Å². The van der Waals surface area contributed by atoms with Gasteiger partial charge in [-0.3, -0.25) is 4.90 Å². The van der Waals surface area contributed by atoms with Crippen LogP contribution >= 0.6 is 34.2 Å². The van der Waals surface area contributed by atoms with Crippen LogP contribution in [0.4, 0.5) is 10.5 Å². The van der Waals surface area contributed by atoms with E-state index in [9.17, 15) is 14.7 Å². The zero-order valence-electron chi connectivity index (χ0n) is 11.2. The number of carboxylic acid groups (broad SMARTS) is 1. The zero-order valence-corrected chi connectivity index (χ0v) is 14.2. The average Bonchev–Trinajstić information content (AvgIpc) is 2.46. The zero-order chi connectivity index (χ0) is 16.3. The third-order valence-corrected chi connectivity index (χ3v) is 4.27. The first-order valence-electron chi connectivity index (χ1n) is 6.23. The second kappa shape index (κ2) is 6.97. The first kappa shape index (κ1) is 16.6. The Balaban J connectivity index is 2.56. The van der Waals surface area contributed by atoms with E-state index in [4.69, 9.17) is 17.3 Å². The molecule has 0 aromatic heterocycles. The number of halogens is 2. The highest BCUT2D eigenvalue weighted by Gasteiger charge is 2.32. The van der Waals surface area contributed by atoms with Gasteiger partial charge in [-0.05, 0) is 58.5 Å². The molecule has 0 saturated carbocycles. The van der Waals surface area contributed by atoms with E-state index in [0.29, 0.717) is 16.3 Å². The summed E-state index contributed by atoms with van der Waals surface area (Å²) in [6.07, 6.45) is 0. The topological polar surface area (TPSA) is 83.6 Å². The fraction of sp³-hybridized carbons (Fsp3) is 0.0667. The summed E-state index contributed by atoms with van der Waals surface area (Å²) in [5, 5.41) is 10.1. The minimum atomic E-state index is -1.22. The fourth-order valence-corrected chi connectivity index (χ4v) is 2.89. The molecule has 0 aliphatic heterocycles. The van der Waals surface area contributed by atoms with E-state index in [0.717, 1.165) is 8.47 Å². The Hall–Kier alpha value is -1.80. The summed E-state index contributed by atoms with van der Waals surface area (Å²) < 4.78 is 0.729. The SMILES string of the molecule is NC(=O)N(c1ccc(Cl)cc1)C(C(=O)O)c1ccccc1I. The molecule has 5 nitrogen and oxygen atoms in total. The van der Waals surface area contributed by atoms with Gasteiger partial charge in [0.2, 0.25) is 0 Å². The van der Waals surface area contributed by atoms with E-state index < -0.39 is 18.0 Å². The maximum atomic E-state index is 11.9. The molecule has 7 heteroatoms. The smallest absolute Gasteiger partial charge is 0.331 e. The predicted octanol–water partition coefficient (Wildman–Crippen LogP) is 3.66. The Morgan fingerprint density at radius 1 is 1.14 bits per heavy atom. The first-order chi connectivity index (χ1) is 10.4. The summed E-state index contributed by atoms with van der Waals surface area (Å²) >= 11 is 7.86. The van der Waals surface area contributed by atoms with Crippen molar-refractivity contribution in [2.75, 3.05) is 4.90 Å². The van der Waals surface area contributed by atoms with Crippen LogP contribution in [-0.4, -0.2) is 17.1 Å². The third-order valence-electron chi connectivity index (χ3n) is 3.03. The van der Waals surface area contributed by atoms with Crippen molar-refractivity contribution in [1.82, 2.24) is 0 Å². The van der Waals surface area contributed by atoms with E-state index >= 15 is 0 Å². The lowest BCUT2D eigenvalue weighted by molar-refractivity contribution is -0.138. The maximum absolute atomic E-state index is 11.9. The molecular weight excluding hydrogens is 419 g/mol. The number of urea groups is 1. The normalized spacial score (nSPS) is 11.7. The highest BCUT2D eigenvalue weighted by molar-refractivity contribution is 14.1. The number of hydrogen-bond donors (Lipinski definition) is 2. The molecule has 2 aromatic rings. The van der Waals surface area contributed by atoms with E-state index in [1.807, 2.05) is 22.6 Å². The van der Waals surface area contributed by atoms with Crippen molar-refractivity contribution < 1.29 is 14.7 Å². The molecular formula is C15H12ClIN2O3. The fourth-order valence-electron chi connectivity index (χ4n) is 2.08. The molecule has 2 aromatic carbocycles. The lowest BCUT2D eigenvalue weighted by Gasteiger charge is -2.28. The Kier molecular flexibility index (Phi) is 5.25. The molecule has 0 saturated heterocycles. The summed E-state index contributed by atoms with van der Waals surface area (Å²) in [7, 11) is 0. The lowest BCUT2D eigenvalue weighted by Crippen LogP contribution is -2.42. The summed E-state index contributed by atoms with van der Waals surface area (Å²) in [6, 6.07) is 11.1. The molecule has 0 aliphatic rings. The number of nitrogens with zero attached hydrogens (tertiary/aromatic N) is 1. The van der Waals surface area contributed by atoms with Gasteiger partial charge in [-0.25, -0.2) is 9.59 Å². The summed E-state index contributed by atoms with van der Waals surface area (Å²) in [6.45, 7) is 0. The molecule has 114 valence electrons. The van der Waals surface area contributed by atoms with Gasteiger partial charge in [-0.2, -0.15) is 0 Å². The van der Waals surface area contributed by atoms with Gasteiger partial charge in [0.1, 0.15) is 0 Å². The predicted molar refractivity (Wildman–Crippen MR) is 93.1 cm³/mol. The van der Waals surface area contributed by atoms with Gasteiger partial charge in [-0.15, -0.1) is 0 Å². The number of aliphatic carboxylic acids is 1. The number of carbonyl (C=O) groups is 2. The Bertz CT molecular complexity index is 706. The monoisotopic (exact) mass is 430 g/mol. The van der Waals surface area contributed by atoms with Crippen LogP contribution in [0.1, 0.15) is 11.6 Å². The average molecular weight is 431 g/mol. The van der Waals surface area contributed by atoms with Crippen LogP contribution in [0.3, 0.4) is 0 Å². The van der Waals surface area contributed by atoms with Crippen LogP contribution in [0.25, 0.3) is 0 Å². The van der Waals surface area contributed by atoms with E-state index in [2.05, 4.69) is 0 Å². The van der Waals surface area contributed by atoms with Gasteiger partial charge in [0, 0.05) is 14.3 Å². The highest BCUT2D eigenvalue weighted by atomic mass is 127. The molecule has 0 fully saturated rings. The van der Waals surface area contributed by atoms with Crippen LogP contribution < -0.4 is 10.6 Å². The standard InChI is InChI=1S/C15H12ClIN2O3/c16-9-5-7-10(8-6-9)19(15(18)22)13(14(20)21)11-3-1-2-4-12(11)17/h1-8,13H,(H2,18,22)(H,20,21). The maximum Gasteiger partial charge on any atom is 0.331 e. The van der Waals surface area contributed by atoms with Crippen molar-refractivity contribution in [3.8, 4) is 0 Å². The van der Waals surface area contributed by atoms with Crippen LogP contribution in [0.5, 0.6) is 0 Å². The largest absolute Gasteiger partial charge is 0.479 e. The van der Waals surface area contributed by atoms with Crippen molar-refractivity contribution in [3.05, 3.63) is 62.7 Å². The second-order valence-corrected chi connectivity index (χ2v) is 6.05. The van der Waals surface area contributed by atoms with Gasteiger partial charge >= 0.3 is 12.0 Å². The quantitative estimate of drug-likeness (QED) is 0.726. The van der Waals surface area contributed by atoms with Crippen LogP contribution in [0.2, 0.25) is 5.02 Å². The number of carboxylic acids is 1. The molecule has 0 radical (unpaired) electrons. The molecule has 3 N–H and O–H groups in total. The van der Waals surface area contributed by atoms with Gasteiger partial charge in [0.05, 0.1) is 0 Å². The Morgan fingerprint density at radius 2 is 1.73 bits per heavy atom. The van der Waals surface area contributed by atoms with Crippen LogP contribution in [0, 0.1) is 3.57 Å². The molecule has 0 aliphatic carbocycles. The number of benzene rings is 2. The minimum absolute atomic E-state index is 0.365. The molecule has 1 unspecified atom stereocenters. The number of hydrogen-bond acceptors (Lipinski definition) is 2. The first-order valence-corrected chi connectivity index (χ1v) is 7.69. The van der Waals surface area contributed by atoms with E-state index in [1.54, 1.807) is 48.5 Å². The number of carbonyl (C=O) groups excluding carboxylic acids is 1. The summed E-state index contributed by atoms with van der Waals surface area (Å²) in [5.41, 5.74) is 6.28. The third kappa shape index (κ3) is 3.50.